The molecule has 5 nitrogen and oxygen atoms in total. The van der Waals surface area contributed by atoms with Crippen molar-refractivity contribution in [1.29, 1.82) is 0 Å². The molecule has 2 heterocycles. The summed E-state index contributed by atoms with van der Waals surface area (Å²) >= 11 is 0. The van der Waals surface area contributed by atoms with E-state index in [-0.39, 0.29) is 11.7 Å². The molecule has 0 atom stereocenters. The molecule has 0 aliphatic heterocycles. The third-order valence-electron chi connectivity index (χ3n) is 5.44. The number of anilines is 1. The second kappa shape index (κ2) is 7.50. The van der Waals surface area contributed by atoms with Crippen LogP contribution in [-0.2, 0) is 12.8 Å². The van der Waals surface area contributed by atoms with Crippen molar-refractivity contribution in [3.8, 4) is 0 Å². The molecule has 2 aromatic heterocycles. The van der Waals surface area contributed by atoms with Gasteiger partial charge in [-0.05, 0) is 60.7 Å². The van der Waals surface area contributed by atoms with E-state index in [0.29, 0.717) is 18.5 Å². The minimum absolute atomic E-state index is 0.0721. The number of carbonyl (C=O) groups is 2. The first-order valence-electron chi connectivity index (χ1n) is 9.76. The van der Waals surface area contributed by atoms with E-state index in [1.807, 2.05) is 66.0 Å². The van der Waals surface area contributed by atoms with E-state index in [9.17, 15) is 9.59 Å². The maximum atomic E-state index is 12.6. The van der Waals surface area contributed by atoms with E-state index in [4.69, 9.17) is 0 Å². The monoisotopic (exact) mass is 375 g/mol. The van der Waals surface area contributed by atoms with Gasteiger partial charge in [0, 0.05) is 50.0 Å². The lowest BCUT2D eigenvalue weighted by Gasteiger charge is -2.14. The molecule has 0 unspecified atom stereocenters. The SMILES string of the molecule is CN(C)c1cccc(C(=O)NCCc2c3c(n4ccccc24)C(=O)CCC3)c1. The van der Waals surface area contributed by atoms with Crippen molar-refractivity contribution in [2.75, 3.05) is 25.5 Å². The molecule has 1 aliphatic rings. The molecule has 0 fully saturated rings. The summed E-state index contributed by atoms with van der Waals surface area (Å²) in [4.78, 5) is 27.0. The molecule has 144 valence electrons. The summed E-state index contributed by atoms with van der Waals surface area (Å²) in [6, 6.07) is 13.6. The maximum Gasteiger partial charge on any atom is 0.251 e. The largest absolute Gasteiger partial charge is 0.378 e. The number of hydrogen-bond donors (Lipinski definition) is 1. The minimum Gasteiger partial charge on any atom is -0.378 e. The first kappa shape index (κ1) is 18.3. The fraction of sp³-hybridized carbons (Fsp3) is 0.304. The number of Topliss-reactive ketones (excluding diaryl/α,β-unsaturated/α-hetero) is 1. The van der Waals surface area contributed by atoms with Crippen LogP contribution in [0.1, 0.15) is 44.8 Å². The van der Waals surface area contributed by atoms with Crippen LogP contribution in [0.5, 0.6) is 0 Å². The van der Waals surface area contributed by atoms with Gasteiger partial charge in [-0.25, -0.2) is 0 Å². The number of fused-ring (bicyclic) bond motifs is 3. The van der Waals surface area contributed by atoms with Gasteiger partial charge in [-0.2, -0.15) is 0 Å². The molecule has 0 saturated heterocycles. The number of nitrogens with one attached hydrogen (secondary N) is 1. The Morgan fingerprint density at radius 3 is 2.82 bits per heavy atom. The molecule has 0 spiro atoms. The van der Waals surface area contributed by atoms with Crippen LogP contribution in [0.3, 0.4) is 0 Å². The van der Waals surface area contributed by atoms with Crippen molar-refractivity contribution in [3.63, 3.8) is 0 Å². The number of benzene rings is 1. The fourth-order valence-electron chi connectivity index (χ4n) is 4.05. The third-order valence-corrected chi connectivity index (χ3v) is 5.44. The summed E-state index contributed by atoms with van der Waals surface area (Å²) in [6.45, 7) is 0.542. The van der Waals surface area contributed by atoms with Crippen LogP contribution in [-0.4, -0.2) is 36.7 Å². The average molecular weight is 375 g/mol. The molecule has 1 N–H and O–H groups in total. The number of nitrogens with zero attached hydrogens (tertiary/aromatic N) is 2. The Hall–Kier alpha value is -3.08. The van der Waals surface area contributed by atoms with Crippen LogP contribution in [0.25, 0.3) is 5.52 Å². The zero-order chi connectivity index (χ0) is 19.7. The molecular weight excluding hydrogens is 350 g/mol. The number of ketones is 1. The molecule has 5 heteroatoms. The molecule has 28 heavy (non-hydrogen) atoms. The van der Waals surface area contributed by atoms with Gasteiger partial charge in [-0.3, -0.25) is 9.59 Å². The number of aromatic nitrogens is 1. The van der Waals surface area contributed by atoms with Gasteiger partial charge in [-0.1, -0.05) is 12.1 Å². The van der Waals surface area contributed by atoms with Gasteiger partial charge in [0.25, 0.3) is 5.91 Å². The summed E-state index contributed by atoms with van der Waals surface area (Å²) in [5, 5.41) is 3.03. The zero-order valence-corrected chi connectivity index (χ0v) is 16.4. The topological polar surface area (TPSA) is 53.8 Å². The molecule has 4 rings (SSSR count). The summed E-state index contributed by atoms with van der Waals surface area (Å²) in [5.41, 5.74) is 5.91. The molecule has 1 aliphatic carbocycles. The number of rotatable bonds is 5. The van der Waals surface area contributed by atoms with Gasteiger partial charge < -0.3 is 14.6 Å². The van der Waals surface area contributed by atoms with Gasteiger partial charge in [0.2, 0.25) is 0 Å². The van der Waals surface area contributed by atoms with E-state index in [1.165, 1.54) is 5.56 Å². The van der Waals surface area contributed by atoms with Crippen LogP contribution < -0.4 is 10.2 Å². The van der Waals surface area contributed by atoms with Crippen molar-refractivity contribution in [1.82, 2.24) is 9.72 Å². The fourth-order valence-corrected chi connectivity index (χ4v) is 4.05. The Morgan fingerprint density at radius 1 is 1.14 bits per heavy atom. The summed E-state index contributed by atoms with van der Waals surface area (Å²) in [5.74, 6) is 0.149. The van der Waals surface area contributed by atoms with Crippen LogP contribution >= 0.6 is 0 Å². The van der Waals surface area contributed by atoms with Crippen molar-refractivity contribution in [2.45, 2.75) is 25.7 Å². The van der Waals surface area contributed by atoms with E-state index < -0.39 is 0 Å². The standard InChI is InChI=1S/C23H25N3O2/c1-25(2)17-8-5-7-16(15-17)23(28)24-13-12-18-19-9-6-11-21(27)22(19)26-14-4-3-10-20(18)26/h3-5,7-8,10,14-15H,6,9,11-13H2,1-2H3,(H,24,28). The van der Waals surface area contributed by atoms with Crippen LogP contribution in [0, 0.1) is 0 Å². The lowest BCUT2D eigenvalue weighted by molar-refractivity contribution is 0.0949. The molecule has 1 aromatic carbocycles. The first-order chi connectivity index (χ1) is 13.6. The highest BCUT2D eigenvalue weighted by atomic mass is 16.1. The van der Waals surface area contributed by atoms with E-state index in [0.717, 1.165) is 41.7 Å². The van der Waals surface area contributed by atoms with Crippen LogP contribution in [0.2, 0.25) is 0 Å². The third kappa shape index (κ3) is 3.28. The van der Waals surface area contributed by atoms with Crippen molar-refractivity contribution in [3.05, 3.63) is 71.0 Å². The normalized spacial score (nSPS) is 13.4. The number of hydrogen-bond acceptors (Lipinski definition) is 3. The smallest absolute Gasteiger partial charge is 0.251 e. The Labute approximate surface area is 165 Å². The van der Waals surface area contributed by atoms with Gasteiger partial charge in [0.05, 0.1) is 5.69 Å². The summed E-state index contributed by atoms with van der Waals surface area (Å²) in [6.07, 6.45) is 5.13. The second-order valence-electron chi connectivity index (χ2n) is 7.49. The molecule has 0 saturated carbocycles. The predicted molar refractivity (Wildman–Crippen MR) is 111 cm³/mol. The zero-order valence-electron chi connectivity index (χ0n) is 16.4. The highest BCUT2D eigenvalue weighted by Crippen LogP contribution is 2.30. The second-order valence-corrected chi connectivity index (χ2v) is 7.49. The molecular formula is C23H25N3O2. The Bertz CT molecular complexity index is 1050. The van der Waals surface area contributed by atoms with E-state index in [2.05, 4.69) is 11.4 Å². The highest BCUT2D eigenvalue weighted by Gasteiger charge is 2.25. The van der Waals surface area contributed by atoms with Crippen molar-refractivity contribution < 1.29 is 9.59 Å². The predicted octanol–water partition coefficient (Wildman–Crippen LogP) is 3.50. The molecule has 0 radical (unpaired) electrons. The van der Waals surface area contributed by atoms with Gasteiger partial charge in [-0.15, -0.1) is 0 Å². The number of amides is 1. The van der Waals surface area contributed by atoms with Gasteiger partial charge in [0.1, 0.15) is 0 Å². The lowest BCUT2D eigenvalue weighted by Crippen LogP contribution is -2.26. The molecule has 3 aromatic rings. The van der Waals surface area contributed by atoms with Gasteiger partial charge >= 0.3 is 0 Å². The number of carbonyl (C=O) groups excluding carboxylic acids is 2. The Kier molecular flexibility index (Phi) is 4.90. The van der Waals surface area contributed by atoms with Crippen molar-refractivity contribution in [2.24, 2.45) is 0 Å². The summed E-state index contributed by atoms with van der Waals surface area (Å²) in [7, 11) is 3.92. The van der Waals surface area contributed by atoms with Gasteiger partial charge in [0.15, 0.2) is 5.78 Å². The summed E-state index contributed by atoms with van der Waals surface area (Å²) < 4.78 is 2.02. The molecule has 0 bridgehead atoms. The first-order valence-corrected chi connectivity index (χ1v) is 9.76. The highest BCUT2D eigenvalue weighted by molar-refractivity contribution is 5.99. The quantitative estimate of drug-likeness (QED) is 0.743. The van der Waals surface area contributed by atoms with Crippen molar-refractivity contribution >= 4 is 22.9 Å². The van der Waals surface area contributed by atoms with Crippen LogP contribution in [0.15, 0.2) is 48.7 Å². The molecule has 1 amide bonds. The number of pyridine rings is 1. The van der Waals surface area contributed by atoms with E-state index in [1.54, 1.807) is 0 Å². The Balaban J connectivity index is 1.53. The maximum absolute atomic E-state index is 12.6. The lowest BCUT2D eigenvalue weighted by atomic mass is 9.92. The Morgan fingerprint density at radius 2 is 2.00 bits per heavy atom. The van der Waals surface area contributed by atoms with E-state index >= 15 is 0 Å². The average Bonchev–Trinajstić information content (AvgIpc) is 3.03. The van der Waals surface area contributed by atoms with Crippen LogP contribution in [0.4, 0.5) is 5.69 Å². The minimum atomic E-state index is -0.0721.